The zero-order chi connectivity index (χ0) is 11.4. The lowest BCUT2D eigenvalue weighted by Gasteiger charge is -2.01. The lowest BCUT2D eigenvalue weighted by Crippen LogP contribution is -1.99. The molecule has 0 radical (unpaired) electrons. The summed E-state index contributed by atoms with van der Waals surface area (Å²) in [5.74, 6) is -0.237. The highest BCUT2D eigenvalue weighted by atomic mass is 32.1. The average Bonchev–Trinajstić information content (AvgIpc) is 2.18. The zero-order valence-corrected chi connectivity index (χ0v) is 8.58. The summed E-state index contributed by atoms with van der Waals surface area (Å²) in [5.41, 5.74) is 5.33. The number of benzene rings is 1. The van der Waals surface area contributed by atoms with E-state index >= 15 is 0 Å². The number of thiol groups is 1. The minimum Gasteiger partial charge on any atom is -0.393 e. The van der Waals surface area contributed by atoms with Gasteiger partial charge < -0.3 is 5.73 Å². The molecule has 0 aliphatic carbocycles. The number of nitrogen functional groups attached to an aromatic ring is 1. The molecule has 0 saturated heterocycles. The van der Waals surface area contributed by atoms with Gasteiger partial charge in [-0.2, -0.15) is 12.6 Å². The molecule has 1 rings (SSSR count). The number of halogens is 1. The molecular formula is C9H9FN2O2S. The van der Waals surface area contributed by atoms with Crippen LogP contribution in [0.15, 0.2) is 18.2 Å². The predicted molar refractivity (Wildman–Crippen MR) is 60.4 cm³/mol. The molecule has 0 aliphatic rings. The molecule has 1 aromatic rings. The Morgan fingerprint density at radius 3 is 2.80 bits per heavy atom. The van der Waals surface area contributed by atoms with Gasteiger partial charge in [0.1, 0.15) is 11.5 Å². The van der Waals surface area contributed by atoms with Crippen molar-refractivity contribution in [1.29, 1.82) is 0 Å². The molecule has 0 atom stereocenters. The number of hydrogen-bond donors (Lipinski definition) is 2. The van der Waals surface area contributed by atoms with Crippen LogP contribution in [0.1, 0.15) is 5.56 Å². The number of nitro benzene ring substituents is 1. The maximum Gasteiger partial charge on any atom is 0.295 e. The molecule has 0 unspecified atom stereocenters. The van der Waals surface area contributed by atoms with E-state index in [1.165, 1.54) is 6.08 Å². The minimum absolute atomic E-state index is 0.0422. The SMILES string of the molecule is Nc1c(C=CCS)cc(F)cc1[N+](=O)[O-]. The van der Waals surface area contributed by atoms with Gasteiger partial charge >= 0.3 is 0 Å². The molecule has 0 spiro atoms. The summed E-state index contributed by atoms with van der Waals surface area (Å²) in [6, 6.07) is 1.94. The van der Waals surface area contributed by atoms with Crippen molar-refractivity contribution in [2.45, 2.75) is 0 Å². The summed E-state index contributed by atoms with van der Waals surface area (Å²) < 4.78 is 13.0. The molecule has 2 N–H and O–H groups in total. The van der Waals surface area contributed by atoms with E-state index in [1.807, 2.05) is 0 Å². The minimum atomic E-state index is -0.712. The average molecular weight is 228 g/mol. The van der Waals surface area contributed by atoms with Gasteiger partial charge in [0, 0.05) is 11.3 Å². The summed E-state index contributed by atoms with van der Waals surface area (Å²) in [5, 5.41) is 10.5. The van der Waals surface area contributed by atoms with Crippen molar-refractivity contribution in [3.63, 3.8) is 0 Å². The zero-order valence-electron chi connectivity index (χ0n) is 7.68. The molecule has 0 fully saturated rings. The van der Waals surface area contributed by atoms with E-state index in [1.54, 1.807) is 6.08 Å². The van der Waals surface area contributed by atoms with Crippen molar-refractivity contribution in [3.8, 4) is 0 Å². The van der Waals surface area contributed by atoms with E-state index in [9.17, 15) is 14.5 Å². The lowest BCUT2D eigenvalue weighted by atomic mass is 10.1. The standard InChI is InChI=1S/C9H9FN2O2S/c10-7-4-6(2-1-3-15)9(11)8(5-7)12(13)14/h1-2,4-5,15H,3,11H2. The summed E-state index contributed by atoms with van der Waals surface area (Å²) in [6.45, 7) is 0. The molecule has 0 bridgehead atoms. The number of nitro groups is 1. The molecule has 0 aliphatic heterocycles. The molecule has 1 aromatic carbocycles. The third-order valence-electron chi connectivity index (χ3n) is 1.75. The highest BCUT2D eigenvalue weighted by Gasteiger charge is 2.15. The van der Waals surface area contributed by atoms with Crippen molar-refractivity contribution in [2.24, 2.45) is 0 Å². The van der Waals surface area contributed by atoms with Gasteiger partial charge in [-0.25, -0.2) is 4.39 Å². The van der Waals surface area contributed by atoms with Crippen molar-refractivity contribution >= 4 is 30.1 Å². The smallest absolute Gasteiger partial charge is 0.295 e. The summed E-state index contributed by atoms with van der Waals surface area (Å²) in [4.78, 5) is 9.81. The van der Waals surface area contributed by atoms with Crippen molar-refractivity contribution in [2.75, 3.05) is 11.5 Å². The quantitative estimate of drug-likeness (QED) is 0.361. The summed E-state index contributed by atoms with van der Waals surface area (Å²) in [6.07, 6.45) is 3.12. The number of rotatable bonds is 3. The van der Waals surface area contributed by atoms with Crippen molar-refractivity contribution in [3.05, 3.63) is 39.7 Å². The molecule has 15 heavy (non-hydrogen) atoms. The van der Waals surface area contributed by atoms with Crippen LogP contribution < -0.4 is 5.73 Å². The van der Waals surface area contributed by atoms with Crippen molar-refractivity contribution in [1.82, 2.24) is 0 Å². The topological polar surface area (TPSA) is 69.2 Å². The first-order chi connectivity index (χ1) is 7.06. The second-order valence-electron chi connectivity index (χ2n) is 2.77. The van der Waals surface area contributed by atoms with Gasteiger partial charge in [0.25, 0.3) is 5.69 Å². The van der Waals surface area contributed by atoms with E-state index in [-0.39, 0.29) is 11.3 Å². The Hall–Kier alpha value is -1.56. The molecule has 80 valence electrons. The van der Waals surface area contributed by atoms with E-state index in [4.69, 9.17) is 5.73 Å². The molecule has 0 amide bonds. The third-order valence-corrected chi connectivity index (χ3v) is 1.97. The fraction of sp³-hybridized carbons (Fsp3) is 0.111. The lowest BCUT2D eigenvalue weighted by molar-refractivity contribution is -0.384. The Balaban J connectivity index is 3.28. The normalized spacial score (nSPS) is 10.8. The first-order valence-electron chi connectivity index (χ1n) is 4.07. The molecule has 0 saturated carbocycles. The van der Waals surface area contributed by atoms with E-state index < -0.39 is 16.4 Å². The molecular weight excluding hydrogens is 219 g/mol. The molecule has 6 heteroatoms. The molecule has 0 aromatic heterocycles. The second-order valence-corrected chi connectivity index (χ2v) is 3.14. The molecule has 4 nitrogen and oxygen atoms in total. The van der Waals surface area contributed by atoms with Crippen LogP contribution in [-0.4, -0.2) is 10.7 Å². The van der Waals surface area contributed by atoms with Crippen LogP contribution in [0.4, 0.5) is 15.8 Å². The van der Waals surface area contributed by atoms with E-state index in [0.717, 1.165) is 12.1 Å². The third kappa shape index (κ3) is 2.69. The Morgan fingerprint density at radius 1 is 1.60 bits per heavy atom. The Labute approximate surface area is 91.2 Å². The number of anilines is 1. The van der Waals surface area contributed by atoms with Crippen LogP contribution in [0.25, 0.3) is 6.08 Å². The van der Waals surface area contributed by atoms with Crippen LogP contribution in [0, 0.1) is 15.9 Å². The largest absolute Gasteiger partial charge is 0.393 e. The maximum atomic E-state index is 13.0. The Morgan fingerprint density at radius 2 is 2.27 bits per heavy atom. The van der Waals surface area contributed by atoms with Crippen LogP contribution in [-0.2, 0) is 0 Å². The van der Waals surface area contributed by atoms with E-state index in [2.05, 4.69) is 12.6 Å². The highest BCUT2D eigenvalue weighted by Crippen LogP contribution is 2.27. The van der Waals surface area contributed by atoms with Gasteiger partial charge in [0.2, 0.25) is 0 Å². The predicted octanol–water partition coefficient (Wildman–Crippen LogP) is 2.26. The van der Waals surface area contributed by atoms with Gasteiger partial charge in [0.15, 0.2) is 0 Å². The van der Waals surface area contributed by atoms with Gasteiger partial charge in [-0.3, -0.25) is 10.1 Å². The van der Waals surface area contributed by atoms with Crippen LogP contribution in [0.5, 0.6) is 0 Å². The fourth-order valence-corrected chi connectivity index (χ4v) is 1.20. The monoisotopic (exact) mass is 228 g/mol. The molecule has 0 heterocycles. The van der Waals surface area contributed by atoms with Gasteiger partial charge in [-0.05, 0) is 6.07 Å². The maximum absolute atomic E-state index is 13.0. The van der Waals surface area contributed by atoms with Gasteiger partial charge in [-0.15, -0.1) is 0 Å². The number of hydrogen-bond acceptors (Lipinski definition) is 4. The number of nitrogens with two attached hydrogens (primary N) is 1. The van der Waals surface area contributed by atoms with Crippen LogP contribution in [0.3, 0.4) is 0 Å². The summed E-state index contributed by atoms with van der Waals surface area (Å²) in [7, 11) is 0. The van der Waals surface area contributed by atoms with E-state index in [0.29, 0.717) is 5.75 Å². The van der Waals surface area contributed by atoms with Gasteiger partial charge in [0.05, 0.1) is 11.0 Å². The van der Waals surface area contributed by atoms with Crippen LogP contribution >= 0.6 is 12.6 Å². The Kier molecular flexibility index (Phi) is 3.68. The second kappa shape index (κ2) is 4.79. The number of nitrogens with zero attached hydrogens (tertiary/aromatic N) is 1. The van der Waals surface area contributed by atoms with Crippen LogP contribution in [0.2, 0.25) is 0 Å². The van der Waals surface area contributed by atoms with Crippen molar-refractivity contribution < 1.29 is 9.31 Å². The fourth-order valence-electron chi connectivity index (χ4n) is 1.09. The summed E-state index contributed by atoms with van der Waals surface area (Å²) >= 11 is 3.92. The Bertz CT molecular complexity index is 421. The van der Waals surface area contributed by atoms with Gasteiger partial charge in [-0.1, -0.05) is 12.2 Å². The highest BCUT2D eigenvalue weighted by molar-refractivity contribution is 7.80. The first kappa shape index (κ1) is 11.5. The first-order valence-corrected chi connectivity index (χ1v) is 4.70.